The molecule has 2 unspecified atom stereocenters. The number of furan rings is 1. The Kier molecular flexibility index (Phi) is 4.73. The molecule has 0 radical (unpaired) electrons. The lowest BCUT2D eigenvalue weighted by atomic mass is 9.79. The fourth-order valence-electron chi connectivity index (χ4n) is 2.72. The monoisotopic (exact) mass is 282 g/mol. The van der Waals surface area contributed by atoms with Crippen molar-refractivity contribution in [2.24, 2.45) is 11.8 Å². The summed E-state index contributed by atoms with van der Waals surface area (Å²) in [4.78, 5) is 21.1. The van der Waals surface area contributed by atoms with Crippen molar-refractivity contribution in [2.45, 2.75) is 32.2 Å². The molecule has 0 aliphatic heterocycles. The summed E-state index contributed by atoms with van der Waals surface area (Å²) in [5, 5.41) is 22.8. The first-order valence-electron chi connectivity index (χ1n) is 6.74. The second kappa shape index (κ2) is 6.51. The van der Waals surface area contributed by atoms with E-state index in [2.05, 4.69) is 5.32 Å². The van der Waals surface area contributed by atoms with Crippen LogP contribution in [-0.2, 0) is 11.3 Å². The Morgan fingerprint density at radius 2 is 2.20 bits per heavy atom. The molecule has 110 valence electrons. The molecule has 1 aromatic rings. The van der Waals surface area contributed by atoms with Crippen LogP contribution < -0.4 is 5.32 Å². The molecular weight excluding hydrogens is 264 g/mol. The van der Waals surface area contributed by atoms with Crippen LogP contribution in [0, 0.1) is 22.0 Å². The Hall–Kier alpha value is -1.89. The van der Waals surface area contributed by atoms with Crippen molar-refractivity contribution in [1.29, 1.82) is 0 Å². The summed E-state index contributed by atoms with van der Waals surface area (Å²) in [7, 11) is 0. The van der Waals surface area contributed by atoms with Crippen LogP contribution in [0.1, 0.15) is 31.4 Å². The van der Waals surface area contributed by atoms with Crippen LogP contribution >= 0.6 is 0 Å². The standard InChI is InChI=1S/C13H18N2O5/c16-13(17)11-4-2-1-3-9(11)7-14-8-10-5-6-12(20-10)15(18)19/h5-6,9,11,14H,1-4,7-8H2,(H,16,17). The van der Waals surface area contributed by atoms with Crippen LogP contribution in [0.5, 0.6) is 0 Å². The zero-order chi connectivity index (χ0) is 14.5. The summed E-state index contributed by atoms with van der Waals surface area (Å²) >= 11 is 0. The second-order valence-electron chi connectivity index (χ2n) is 5.12. The summed E-state index contributed by atoms with van der Waals surface area (Å²) in [6.45, 7) is 0.960. The van der Waals surface area contributed by atoms with Gasteiger partial charge in [-0.3, -0.25) is 14.9 Å². The van der Waals surface area contributed by atoms with Crippen molar-refractivity contribution in [3.8, 4) is 0 Å². The van der Waals surface area contributed by atoms with E-state index in [-0.39, 0.29) is 17.7 Å². The van der Waals surface area contributed by atoms with Crippen molar-refractivity contribution >= 4 is 11.9 Å². The lowest BCUT2D eigenvalue weighted by Crippen LogP contribution is -2.34. The van der Waals surface area contributed by atoms with E-state index in [4.69, 9.17) is 9.52 Å². The minimum atomic E-state index is -0.731. The number of hydrogen-bond acceptors (Lipinski definition) is 5. The molecule has 0 amide bonds. The Bertz CT molecular complexity index is 485. The van der Waals surface area contributed by atoms with Gasteiger partial charge in [0.1, 0.15) is 10.7 Å². The molecular formula is C13H18N2O5. The molecule has 2 atom stereocenters. The number of carbonyl (C=O) groups is 1. The first kappa shape index (κ1) is 14.5. The molecule has 0 saturated heterocycles. The highest BCUT2D eigenvalue weighted by Gasteiger charge is 2.30. The molecule has 1 fully saturated rings. The van der Waals surface area contributed by atoms with Gasteiger partial charge in [-0.1, -0.05) is 12.8 Å². The van der Waals surface area contributed by atoms with Gasteiger partial charge >= 0.3 is 11.9 Å². The molecule has 1 aliphatic carbocycles. The third-order valence-corrected chi connectivity index (χ3v) is 3.76. The number of carboxylic acid groups (broad SMARTS) is 1. The third kappa shape index (κ3) is 3.57. The van der Waals surface area contributed by atoms with Gasteiger partial charge in [0.05, 0.1) is 18.5 Å². The third-order valence-electron chi connectivity index (χ3n) is 3.76. The van der Waals surface area contributed by atoms with Gasteiger partial charge in [0.25, 0.3) is 0 Å². The smallest absolute Gasteiger partial charge is 0.433 e. The highest BCUT2D eigenvalue weighted by Crippen LogP contribution is 2.29. The minimum Gasteiger partial charge on any atom is -0.481 e. The molecule has 1 saturated carbocycles. The topological polar surface area (TPSA) is 106 Å². The van der Waals surface area contributed by atoms with Gasteiger partial charge in [-0.25, -0.2) is 0 Å². The Balaban J connectivity index is 1.81. The van der Waals surface area contributed by atoms with Crippen molar-refractivity contribution in [3.63, 3.8) is 0 Å². The molecule has 1 aliphatic rings. The van der Waals surface area contributed by atoms with Gasteiger partial charge in [-0.05, 0) is 31.4 Å². The molecule has 0 spiro atoms. The van der Waals surface area contributed by atoms with Gasteiger partial charge < -0.3 is 14.8 Å². The zero-order valence-corrected chi connectivity index (χ0v) is 11.1. The molecule has 0 bridgehead atoms. The fourth-order valence-corrected chi connectivity index (χ4v) is 2.72. The average Bonchev–Trinajstić information content (AvgIpc) is 2.88. The minimum absolute atomic E-state index is 0.117. The highest BCUT2D eigenvalue weighted by molar-refractivity contribution is 5.70. The van der Waals surface area contributed by atoms with Crippen molar-refractivity contribution in [1.82, 2.24) is 5.32 Å². The number of nitrogens with zero attached hydrogens (tertiary/aromatic N) is 1. The Morgan fingerprint density at radius 3 is 2.85 bits per heavy atom. The highest BCUT2D eigenvalue weighted by atomic mass is 16.6. The number of carboxylic acids is 1. The number of aliphatic carboxylic acids is 1. The fraction of sp³-hybridized carbons (Fsp3) is 0.615. The summed E-state index contributed by atoms with van der Waals surface area (Å²) in [5.74, 6) is -0.694. The first-order valence-corrected chi connectivity index (χ1v) is 6.74. The van der Waals surface area contributed by atoms with E-state index < -0.39 is 10.9 Å². The van der Waals surface area contributed by atoms with Gasteiger partial charge in [-0.15, -0.1) is 0 Å². The molecule has 2 N–H and O–H groups in total. The average molecular weight is 282 g/mol. The van der Waals surface area contributed by atoms with E-state index >= 15 is 0 Å². The quantitative estimate of drug-likeness (QED) is 0.612. The second-order valence-corrected chi connectivity index (χ2v) is 5.12. The van der Waals surface area contributed by atoms with Gasteiger partial charge in [-0.2, -0.15) is 0 Å². The van der Waals surface area contributed by atoms with E-state index in [0.717, 1.165) is 25.7 Å². The number of nitrogens with one attached hydrogen (secondary N) is 1. The van der Waals surface area contributed by atoms with Crippen LogP contribution in [0.3, 0.4) is 0 Å². The van der Waals surface area contributed by atoms with Crippen LogP contribution in [-0.4, -0.2) is 22.5 Å². The molecule has 7 nitrogen and oxygen atoms in total. The molecule has 0 aromatic carbocycles. The van der Waals surface area contributed by atoms with E-state index in [0.29, 0.717) is 18.8 Å². The molecule has 1 heterocycles. The van der Waals surface area contributed by atoms with Crippen LogP contribution in [0.25, 0.3) is 0 Å². The van der Waals surface area contributed by atoms with Crippen LogP contribution in [0.2, 0.25) is 0 Å². The SMILES string of the molecule is O=C(O)C1CCCCC1CNCc1ccc([N+](=O)[O-])o1. The summed E-state index contributed by atoms with van der Waals surface area (Å²) in [6, 6.07) is 2.87. The lowest BCUT2D eigenvalue weighted by molar-refractivity contribution is -0.402. The summed E-state index contributed by atoms with van der Waals surface area (Å²) in [5.41, 5.74) is 0. The number of hydrogen-bond donors (Lipinski definition) is 2. The largest absolute Gasteiger partial charge is 0.481 e. The molecule has 7 heteroatoms. The predicted molar refractivity (Wildman–Crippen MR) is 70.2 cm³/mol. The predicted octanol–water partition coefficient (Wildman–Crippen LogP) is 2.17. The van der Waals surface area contributed by atoms with E-state index in [9.17, 15) is 14.9 Å². The van der Waals surface area contributed by atoms with E-state index in [1.54, 1.807) is 6.07 Å². The van der Waals surface area contributed by atoms with Gasteiger partial charge in [0.15, 0.2) is 0 Å². The molecule has 1 aromatic heterocycles. The van der Waals surface area contributed by atoms with Crippen molar-refractivity contribution in [2.75, 3.05) is 6.54 Å². The van der Waals surface area contributed by atoms with Crippen LogP contribution in [0.4, 0.5) is 5.88 Å². The van der Waals surface area contributed by atoms with Crippen LogP contribution in [0.15, 0.2) is 16.5 Å². The summed E-state index contributed by atoms with van der Waals surface area (Å²) < 4.78 is 5.03. The zero-order valence-electron chi connectivity index (χ0n) is 11.1. The van der Waals surface area contributed by atoms with Crippen molar-refractivity contribution < 1.29 is 19.2 Å². The van der Waals surface area contributed by atoms with E-state index in [1.165, 1.54) is 6.07 Å². The first-order chi connectivity index (χ1) is 9.58. The number of rotatable bonds is 6. The maximum atomic E-state index is 11.2. The lowest BCUT2D eigenvalue weighted by Gasteiger charge is -2.28. The maximum Gasteiger partial charge on any atom is 0.433 e. The Morgan fingerprint density at radius 1 is 1.45 bits per heavy atom. The normalized spacial score (nSPS) is 22.6. The molecule has 20 heavy (non-hydrogen) atoms. The summed E-state index contributed by atoms with van der Waals surface area (Å²) in [6.07, 6.45) is 3.66. The molecule has 2 rings (SSSR count). The van der Waals surface area contributed by atoms with Gasteiger partial charge in [0, 0.05) is 0 Å². The maximum absolute atomic E-state index is 11.2. The van der Waals surface area contributed by atoms with Crippen molar-refractivity contribution in [3.05, 3.63) is 28.0 Å². The van der Waals surface area contributed by atoms with Gasteiger partial charge in [0.2, 0.25) is 0 Å². The van der Waals surface area contributed by atoms with E-state index in [1.807, 2.05) is 0 Å². The number of nitro groups is 1. The Labute approximate surface area is 116 Å².